The third-order valence-electron chi connectivity index (χ3n) is 3.23. The number of ether oxygens (including phenoxy) is 2. The number of hydrogen-bond donors (Lipinski definition) is 0. The van der Waals surface area contributed by atoms with Gasteiger partial charge >= 0.3 is 5.97 Å². The van der Waals surface area contributed by atoms with Crippen molar-refractivity contribution >= 4 is 22.7 Å². The summed E-state index contributed by atoms with van der Waals surface area (Å²) in [5, 5.41) is 0.753. The van der Waals surface area contributed by atoms with Crippen LogP contribution in [0.4, 0.5) is 0 Å². The minimum Gasteiger partial charge on any atom is -0.463 e. The van der Waals surface area contributed by atoms with E-state index in [2.05, 4.69) is 11.7 Å². The van der Waals surface area contributed by atoms with E-state index < -0.39 is 11.8 Å². The lowest BCUT2D eigenvalue weighted by Gasteiger charge is -2.05. The monoisotopic (exact) mass is 289 g/mol. The van der Waals surface area contributed by atoms with E-state index in [0.29, 0.717) is 25.3 Å². The normalized spacial score (nSPS) is 10.8. The number of rotatable bonds is 7. The maximum absolute atomic E-state index is 12.1. The summed E-state index contributed by atoms with van der Waals surface area (Å²) in [6, 6.07) is 7.49. The first-order valence-electron chi connectivity index (χ1n) is 6.97. The molecule has 0 aliphatic carbocycles. The van der Waals surface area contributed by atoms with E-state index in [1.54, 1.807) is 6.20 Å². The van der Waals surface area contributed by atoms with Crippen molar-refractivity contribution in [2.75, 3.05) is 20.3 Å². The summed E-state index contributed by atoms with van der Waals surface area (Å²) < 4.78 is 11.9. The smallest absolute Gasteiger partial charge is 0.379 e. The van der Waals surface area contributed by atoms with Gasteiger partial charge in [-0.2, -0.15) is 0 Å². The molecule has 0 N–H and O–H groups in total. The number of nitrogens with zero attached hydrogens (tertiary/aromatic N) is 1. The highest BCUT2D eigenvalue weighted by atomic mass is 16.5. The van der Waals surface area contributed by atoms with Gasteiger partial charge in [0.25, 0.3) is 5.78 Å². The largest absolute Gasteiger partial charge is 0.463 e. The van der Waals surface area contributed by atoms with Crippen molar-refractivity contribution in [3.05, 3.63) is 36.0 Å². The van der Waals surface area contributed by atoms with Crippen molar-refractivity contribution in [1.29, 1.82) is 0 Å². The van der Waals surface area contributed by atoms with Gasteiger partial charge in [0.15, 0.2) is 0 Å². The summed E-state index contributed by atoms with van der Waals surface area (Å²) in [6.45, 7) is 3.97. The molecule has 2 aromatic rings. The van der Waals surface area contributed by atoms with Crippen LogP contribution in [0, 0.1) is 0 Å². The molecule has 0 radical (unpaired) electrons. The number of para-hydroxylation sites is 1. The van der Waals surface area contributed by atoms with E-state index >= 15 is 0 Å². The third kappa shape index (κ3) is 3.31. The Morgan fingerprint density at radius 3 is 2.67 bits per heavy atom. The van der Waals surface area contributed by atoms with Crippen LogP contribution in [0.1, 0.15) is 23.7 Å². The number of esters is 1. The minimum atomic E-state index is -0.847. The molecule has 0 saturated heterocycles. The molecule has 0 fully saturated rings. The minimum absolute atomic E-state index is 0.368. The van der Waals surface area contributed by atoms with Gasteiger partial charge in [-0.3, -0.25) is 4.79 Å². The summed E-state index contributed by atoms with van der Waals surface area (Å²) in [7, 11) is 1.21. The Kier molecular flexibility index (Phi) is 5.11. The van der Waals surface area contributed by atoms with Crippen LogP contribution in [0.5, 0.6) is 0 Å². The zero-order chi connectivity index (χ0) is 15.2. The number of ketones is 1. The molecule has 1 aromatic carbocycles. The van der Waals surface area contributed by atoms with Gasteiger partial charge in [-0.1, -0.05) is 25.1 Å². The molecule has 0 atom stereocenters. The van der Waals surface area contributed by atoms with E-state index in [0.717, 1.165) is 17.3 Å². The Labute approximate surface area is 123 Å². The van der Waals surface area contributed by atoms with E-state index in [-0.39, 0.29) is 0 Å². The van der Waals surface area contributed by atoms with Crippen LogP contribution in [0.2, 0.25) is 0 Å². The van der Waals surface area contributed by atoms with Crippen molar-refractivity contribution in [3.63, 3.8) is 0 Å². The van der Waals surface area contributed by atoms with Crippen molar-refractivity contribution in [3.8, 4) is 0 Å². The first-order chi connectivity index (χ1) is 10.2. The summed E-state index contributed by atoms with van der Waals surface area (Å²) in [4.78, 5) is 23.5. The first kappa shape index (κ1) is 15.3. The van der Waals surface area contributed by atoms with E-state index in [1.165, 1.54) is 7.11 Å². The van der Waals surface area contributed by atoms with Gasteiger partial charge in [-0.25, -0.2) is 4.79 Å². The first-order valence-corrected chi connectivity index (χ1v) is 6.97. The fourth-order valence-electron chi connectivity index (χ4n) is 2.22. The van der Waals surface area contributed by atoms with Crippen LogP contribution in [-0.4, -0.2) is 36.6 Å². The number of benzene rings is 1. The average Bonchev–Trinajstić information content (AvgIpc) is 2.89. The molecule has 21 heavy (non-hydrogen) atoms. The molecular formula is C16H19NO4. The number of methoxy groups -OCH3 is 1. The standard InChI is InChI=1S/C16H19NO4/c1-3-9-21-10-8-17-11-13(15(18)16(19)20-2)12-6-4-5-7-14(12)17/h4-7,11H,3,8-10H2,1-2H3. The van der Waals surface area contributed by atoms with Crippen LogP contribution < -0.4 is 0 Å². The molecule has 1 aromatic heterocycles. The topological polar surface area (TPSA) is 57.5 Å². The fraction of sp³-hybridized carbons (Fsp3) is 0.375. The number of Topliss-reactive ketones (excluding diaryl/α,β-unsaturated/α-hetero) is 1. The van der Waals surface area contributed by atoms with Crippen molar-refractivity contribution in [2.24, 2.45) is 0 Å². The van der Waals surface area contributed by atoms with Gasteiger partial charge < -0.3 is 14.0 Å². The highest BCUT2D eigenvalue weighted by Gasteiger charge is 2.21. The highest BCUT2D eigenvalue weighted by Crippen LogP contribution is 2.22. The lowest BCUT2D eigenvalue weighted by Crippen LogP contribution is -2.15. The van der Waals surface area contributed by atoms with Crippen molar-refractivity contribution in [1.82, 2.24) is 4.57 Å². The van der Waals surface area contributed by atoms with Gasteiger partial charge in [0, 0.05) is 30.3 Å². The number of hydrogen-bond acceptors (Lipinski definition) is 4. The Hall–Kier alpha value is -2.14. The van der Waals surface area contributed by atoms with Crippen LogP contribution in [-0.2, 0) is 20.8 Å². The molecule has 1 heterocycles. The van der Waals surface area contributed by atoms with Gasteiger partial charge in [0.2, 0.25) is 0 Å². The van der Waals surface area contributed by atoms with Crippen LogP contribution in [0.3, 0.4) is 0 Å². The van der Waals surface area contributed by atoms with E-state index in [4.69, 9.17) is 4.74 Å². The van der Waals surface area contributed by atoms with Crippen LogP contribution in [0.25, 0.3) is 10.9 Å². The quantitative estimate of drug-likeness (QED) is 0.340. The molecule has 2 rings (SSSR count). The van der Waals surface area contributed by atoms with E-state index in [9.17, 15) is 9.59 Å². The zero-order valence-electron chi connectivity index (χ0n) is 12.3. The highest BCUT2D eigenvalue weighted by molar-refractivity contribution is 6.42. The third-order valence-corrected chi connectivity index (χ3v) is 3.23. The summed E-state index contributed by atoms with van der Waals surface area (Å²) in [6.07, 6.45) is 2.66. The molecule has 0 aliphatic heterocycles. The van der Waals surface area contributed by atoms with Crippen molar-refractivity contribution in [2.45, 2.75) is 19.9 Å². The van der Waals surface area contributed by atoms with Crippen LogP contribution in [0.15, 0.2) is 30.5 Å². The van der Waals surface area contributed by atoms with E-state index in [1.807, 2.05) is 28.8 Å². The molecule has 0 bridgehead atoms. The van der Waals surface area contributed by atoms with Crippen LogP contribution >= 0.6 is 0 Å². The molecule has 0 aliphatic rings. The second kappa shape index (κ2) is 7.04. The Morgan fingerprint density at radius 1 is 1.19 bits per heavy atom. The molecule has 0 unspecified atom stereocenters. The zero-order valence-corrected chi connectivity index (χ0v) is 12.3. The number of carbonyl (C=O) groups is 2. The second-order valence-electron chi connectivity index (χ2n) is 4.69. The van der Waals surface area contributed by atoms with Gasteiger partial charge in [-0.05, 0) is 12.5 Å². The SMILES string of the molecule is CCCOCCn1cc(C(=O)C(=O)OC)c2ccccc21. The summed E-state index contributed by atoms with van der Waals surface area (Å²) in [5.74, 6) is -1.47. The molecule has 5 nitrogen and oxygen atoms in total. The Bertz CT molecular complexity index is 645. The number of aromatic nitrogens is 1. The van der Waals surface area contributed by atoms with Gasteiger partial charge in [0.1, 0.15) is 0 Å². The maximum atomic E-state index is 12.1. The predicted octanol–water partition coefficient (Wildman–Crippen LogP) is 2.42. The second-order valence-corrected chi connectivity index (χ2v) is 4.69. The molecule has 5 heteroatoms. The molecule has 0 amide bonds. The summed E-state index contributed by atoms with van der Waals surface area (Å²) in [5.41, 5.74) is 1.28. The fourth-order valence-corrected chi connectivity index (χ4v) is 2.22. The average molecular weight is 289 g/mol. The molecular weight excluding hydrogens is 270 g/mol. The molecule has 0 spiro atoms. The lowest BCUT2D eigenvalue weighted by molar-refractivity contribution is -0.135. The Balaban J connectivity index is 2.30. The van der Waals surface area contributed by atoms with Crippen molar-refractivity contribution < 1.29 is 19.1 Å². The Morgan fingerprint density at radius 2 is 1.95 bits per heavy atom. The predicted molar refractivity (Wildman–Crippen MR) is 79.4 cm³/mol. The molecule has 0 saturated carbocycles. The lowest BCUT2D eigenvalue weighted by atomic mass is 10.1. The van der Waals surface area contributed by atoms with Gasteiger partial charge in [0.05, 0.1) is 19.3 Å². The number of carbonyl (C=O) groups excluding carboxylic acids is 2. The maximum Gasteiger partial charge on any atom is 0.379 e. The number of fused-ring (bicyclic) bond motifs is 1. The molecule has 112 valence electrons. The van der Waals surface area contributed by atoms with Gasteiger partial charge in [-0.15, -0.1) is 0 Å². The summed E-state index contributed by atoms with van der Waals surface area (Å²) >= 11 is 0.